The highest BCUT2D eigenvalue weighted by atomic mass is 16.5. The first-order valence-electron chi connectivity index (χ1n) is 7.78. The maximum absolute atomic E-state index is 12.7. The van der Waals surface area contributed by atoms with Crippen molar-refractivity contribution in [3.8, 4) is 5.75 Å². The van der Waals surface area contributed by atoms with Gasteiger partial charge in [-0.2, -0.15) is 0 Å². The number of carbonyl (C=O) groups excluding carboxylic acids is 2. The summed E-state index contributed by atoms with van der Waals surface area (Å²) in [7, 11) is 0. The van der Waals surface area contributed by atoms with Crippen LogP contribution in [0.1, 0.15) is 45.7 Å². The third-order valence-corrected chi connectivity index (χ3v) is 3.37. The fourth-order valence-corrected chi connectivity index (χ4v) is 2.26. The molecular formula is C20H20O4. The molecule has 0 aliphatic heterocycles. The van der Waals surface area contributed by atoms with E-state index in [1.165, 1.54) is 0 Å². The second-order valence-corrected chi connectivity index (χ2v) is 5.19. The van der Waals surface area contributed by atoms with Gasteiger partial charge in [-0.25, -0.2) is 9.59 Å². The molecule has 0 N–H and O–H groups in total. The van der Waals surface area contributed by atoms with Crippen molar-refractivity contribution < 1.29 is 19.1 Å². The van der Waals surface area contributed by atoms with Crippen molar-refractivity contribution in [3.63, 3.8) is 0 Å². The van der Waals surface area contributed by atoms with Crippen LogP contribution < -0.4 is 4.74 Å². The average molecular weight is 324 g/mol. The highest BCUT2D eigenvalue weighted by Gasteiger charge is 2.22. The van der Waals surface area contributed by atoms with E-state index in [0.717, 1.165) is 5.56 Å². The summed E-state index contributed by atoms with van der Waals surface area (Å²) in [5.41, 5.74) is 2.08. The third kappa shape index (κ3) is 4.10. The minimum Gasteiger partial charge on any atom is -0.462 e. The Hall–Kier alpha value is -2.88. The molecule has 0 fully saturated rings. The van der Waals surface area contributed by atoms with Gasteiger partial charge in [-0.15, -0.1) is 0 Å². The van der Waals surface area contributed by atoms with Crippen LogP contribution in [0.5, 0.6) is 5.75 Å². The van der Waals surface area contributed by atoms with Gasteiger partial charge in [-0.05, 0) is 44.5 Å². The van der Waals surface area contributed by atoms with Crippen molar-refractivity contribution >= 4 is 18.0 Å². The van der Waals surface area contributed by atoms with E-state index in [0.29, 0.717) is 11.3 Å². The zero-order chi connectivity index (χ0) is 17.5. The smallest absolute Gasteiger partial charge is 0.345 e. The summed E-state index contributed by atoms with van der Waals surface area (Å²) in [5.74, 6) is -0.703. The summed E-state index contributed by atoms with van der Waals surface area (Å²) in [6, 6.07) is 12.2. The van der Waals surface area contributed by atoms with E-state index in [1.807, 2.05) is 26.0 Å². The molecule has 0 aliphatic rings. The molecule has 0 bridgehead atoms. The van der Waals surface area contributed by atoms with Crippen molar-refractivity contribution in [2.24, 2.45) is 0 Å². The summed E-state index contributed by atoms with van der Waals surface area (Å²) in [6.07, 6.45) is 3.56. The molecule has 4 heteroatoms. The van der Waals surface area contributed by atoms with E-state index in [4.69, 9.17) is 9.47 Å². The molecule has 2 rings (SSSR count). The van der Waals surface area contributed by atoms with E-state index in [-0.39, 0.29) is 17.7 Å². The molecule has 0 heterocycles. The number of benzene rings is 2. The van der Waals surface area contributed by atoms with Crippen LogP contribution >= 0.6 is 0 Å². The molecule has 124 valence electrons. The lowest BCUT2D eigenvalue weighted by atomic mass is 10.0. The molecule has 0 saturated heterocycles. The van der Waals surface area contributed by atoms with Gasteiger partial charge in [-0.1, -0.05) is 42.0 Å². The quantitative estimate of drug-likeness (QED) is 0.603. The molecule has 0 saturated carbocycles. The fourth-order valence-electron chi connectivity index (χ4n) is 2.26. The molecule has 0 aromatic heterocycles. The number of esters is 2. The lowest BCUT2D eigenvalue weighted by Gasteiger charge is -2.12. The minimum atomic E-state index is -0.587. The normalized spacial score (nSPS) is 10.6. The Morgan fingerprint density at radius 2 is 1.75 bits per heavy atom. The number of carbonyl (C=O) groups is 2. The number of ether oxygens (including phenoxy) is 2. The van der Waals surface area contributed by atoms with Gasteiger partial charge in [-0.3, -0.25) is 0 Å². The van der Waals surface area contributed by atoms with E-state index in [2.05, 4.69) is 0 Å². The van der Waals surface area contributed by atoms with E-state index in [1.54, 1.807) is 49.4 Å². The van der Waals surface area contributed by atoms with Crippen molar-refractivity contribution in [1.29, 1.82) is 0 Å². The second kappa shape index (κ2) is 8.11. The van der Waals surface area contributed by atoms with Crippen LogP contribution in [0.3, 0.4) is 0 Å². The van der Waals surface area contributed by atoms with Gasteiger partial charge in [0.2, 0.25) is 0 Å². The molecule has 2 aromatic rings. The van der Waals surface area contributed by atoms with Crippen LogP contribution in [-0.2, 0) is 4.74 Å². The van der Waals surface area contributed by atoms with Crippen LogP contribution in [0.2, 0.25) is 0 Å². The Kier molecular flexibility index (Phi) is 5.90. The molecule has 0 spiro atoms. The number of rotatable bonds is 5. The molecule has 2 aromatic carbocycles. The Bertz CT molecular complexity index is 758. The second-order valence-electron chi connectivity index (χ2n) is 5.19. The standard InChI is InChI=1S/C20H20O4/c1-4-7-15-8-6-9-17(19(21)23-5-2)18(15)20(22)24-16-12-10-14(3)11-13-16/h4,6-13H,5H2,1-3H3. The Morgan fingerprint density at radius 3 is 2.38 bits per heavy atom. The van der Waals surface area contributed by atoms with Gasteiger partial charge in [0.25, 0.3) is 0 Å². The van der Waals surface area contributed by atoms with Gasteiger partial charge in [0.05, 0.1) is 17.7 Å². The van der Waals surface area contributed by atoms with Crippen LogP contribution in [-0.4, -0.2) is 18.5 Å². The largest absolute Gasteiger partial charge is 0.462 e. The maximum Gasteiger partial charge on any atom is 0.345 e. The minimum absolute atomic E-state index is 0.199. The number of hydrogen-bond acceptors (Lipinski definition) is 4. The predicted octanol–water partition coefficient (Wildman–Crippen LogP) is 4.42. The van der Waals surface area contributed by atoms with Gasteiger partial charge in [0.1, 0.15) is 5.75 Å². The SMILES string of the molecule is CC=Cc1cccc(C(=O)OCC)c1C(=O)Oc1ccc(C)cc1. The molecule has 24 heavy (non-hydrogen) atoms. The molecule has 0 amide bonds. The summed E-state index contributed by atoms with van der Waals surface area (Å²) >= 11 is 0. The number of allylic oxidation sites excluding steroid dienone is 1. The molecule has 0 radical (unpaired) electrons. The Balaban J connectivity index is 2.43. The van der Waals surface area contributed by atoms with Crippen LogP contribution in [0, 0.1) is 6.92 Å². The molecule has 0 atom stereocenters. The molecule has 0 aliphatic carbocycles. The van der Waals surface area contributed by atoms with Crippen molar-refractivity contribution in [3.05, 3.63) is 70.8 Å². The van der Waals surface area contributed by atoms with Crippen LogP contribution in [0.15, 0.2) is 48.5 Å². The molecule has 0 unspecified atom stereocenters. The number of hydrogen-bond donors (Lipinski definition) is 0. The molecule has 4 nitrogen and oxygen atoms in total. The van der Waals surface area contributed by atoms with Gasteiger partial charge < -0.3 is 9.47 Å². The predicted molar refractivity (Wildman–Crippen MR) is 93.2 cm³/mol. The van der Waals surface area contributed by atoms with Crippen molar-refractivity contribution in [1.82, 2.24) is 0 Å². The van der Waals surface area contributed by atoms with Crippen LogP contribution in [0.25, 0.3) is 6.08 Å². The average Bonchev–Trinajstić information content (AvgIpc) is 2.57. The highest BCUT2D eigenvalue weighted by Crippen LogP contribution is 2.21. The first-order valence-corrected chi connectivity index (χ1v) is 7.78. The summed E-state index contributed by atoms with van der Waals surface area (Å²) in [4.78, 5) is 24.8. The summed E-state index contributed by atoms with van der Waals surface area (Å²) < 4.78 is 10.5. The van der Waals surface area contributed by atoms with Gasteiger partial charge in [0.15, 0.2) is 0 Å². The monoisotopic (exact) mass is 324 g/mol. The number of aryl methyl sites for hydroxylation is 1. The van der Waals surface area contributed by atoms with Gasteiger partial charge >= 0.3 is 11.9 Å². The lowest BCUT2D eigenvalue weighted by molar-refractivity contribution is 0.0517. The van der Waals surface area contributed by atoms with Crippen molar-refractivity contribution in [2.45, 2.75) is 20.8 Å². The van der Waals surface area contributed by atoms with E-state index >= 15 is 0 Å². The van der Waals surface area contributed by atoms with Crippen LogP contribution in [0.4, 0.5) is 0 Å². The molecular weight excluding hydrogens is 304 g/mol. The highest BCUT2D eigenvalue weighted by molar-refractivity contribution is 6.06. The summed E-state index contributed by atoms with van der Waals surface area (Å²) in [5, 5.41) is 0. The lowest BCUT2D eigenvalue weighted by Crippen LogP contribution is -2.17. The maximum atomic E-state index is 12.7. The topological polar surface area (TPSA) is 52.6 Å². The summed E-state index contributed by atoms with van der Waals surface area (Å²) in [6.45, 7) is 5.75. The van der Waals surface area contributed by atoms with E-state index in [9.17, 15) is 9.59 Å². The van der Waals surface area contributed by atoms with E-state index < -0.39 is 11.9 Å². The zero-order valence-corrected chi connectivity index (χ0v) is 14.0. The Labute approximate surface area is 141 Å². The first kappa shape index (κ1) is 17.5. The fraction of sp³-hybridized carbons (Fsp3) is 0.200. The first-order chi connectivity index (χ1) is 11.6. The third-order valence-electron chi connectivity index (χ3n) is 3.37. The van der Waals surface area contributed by atoms with Gasteiger partial charge in [0, 0.05) is 0 Å². The zero-order valence-electron chi connectivity index (χ0n) is 14.0. The van der Waals surface area contributed by atoms with Crippen molar-refractivity contribution in [2.75, 3.05) is 6.61 Å². The Morgan fingerprint density at radius 1 is 1.04 bits per heavy atom.